The lowest BCUT2D eigenvalue weighted by Crippen LogP contribution is -2.52. The highest BCUT2D eigenvalue weighted by Crippen LogP contribution is 2.30. The summed E-state index contributed by atoms with van der Waals surface area (Å²) in [5, 5.41) is 8.49. The second-order valence-electron chi connectivity index (χ2n) is 9.38. The summed E-state index contributed by atoms with van der Waals surface area (Å²) in [6.07, 6.45) is 1.76. The maximum atomic E-state index is 13.3. The molecular formula is C28H33N5O. The molecule has 2 aromatic carbocycles. The minimum Gasteiger partial charge on any atom is -0.355 e. The van der Waals surface area contributed by atoms with Crippen LogP contribution in [-0.4, -0.2) is 65.2 Å². The fraction of sp³-hybridized carbons (Fsp3) is 0.393. The first-order chi connectivity index (χ1) is 16.7. The van der Waals surface area contributed by atoms with Crippen LogP contribution in [0, 0.1) is 12.8 Å². The molecular weight excluding hydrogens is 422 g/mol. The highest BCUT2D eigenvalue weighted by molar-refractivity contribution is 5.79. The fourth-order valence-corrected chi connectivity index (χ4v) is 5.26. The third kappa shape index (κ3) is 4.97. The van der Waals surface area contributed by atoms with Crippen molar-refractivity contribution in [3.05, 3.63) is 89.6 Å². The first kappa shape index (κ1) is 22.5. The first-order valence-corrected chi connectivity index (χ1v) is 12.4. The van der Waals surface area contributed by atoms with Crippen LogP contribution in [0.15, 0.2) is 72.8 Å². The highest BCUT2D eigenvalue weighted by Gasteiger charge is 2.33. The van der Waals surface area contributed by atoms with E-state index in [1.165, 1.54) is 11.1 Å². The summed E-state index contributed by atoms with van der Waals surface area (Å²) in [5.41, 5.74) is 3.54. The van der Waals surface area contributed by atoms with Crippen molar-refractivity contribution < 1.29 is 4.79 Å². The van der Waals surface area contributed by atoms with Crippen LogP contribution in [0.5, 0.6) is 0 Å². The van der Waals surface area contributed by atoms with Gasteiger partial charge < -0.3 is 9.80 Å². The number of piperazine rings is 1. The molecule has 3 heterocycles. The average Bonchev–Trinajstić information content (AvgIpc) is 2.91. The van der Waals surface area contributed by atoms with Gasteiger partial charge >= 0.3 is 0 Å². The molecule has 176 valence electrons. The van der Waals surface area contributed by atoms with Gasteiger partial charge in [-0.25, -0.2) is 0 Å². The van der Waals surface area contributed by atoms with Crippen molar-refractivity contribution in [1.29, 1.82) is 0 Å². The summed E-state index contributed by atoms with van der Waals surface area (Å²) in [5.74, 6) is 1.35. The van der Waals surface area contributed by atoms with E-state index >= 15 is 0 Å². The molecule has 0 radical (unpaired) electrons. The Balaban J connectivity index is 1.19. The molecule has 1 aromatic heterocycles. The number of hydrogen-bond acceptors (Lipinski definition) is 5. The van der Waals surface area contributed by atoms with E-state index < -0.39 is 0 Å². The molecule has 6 heteroatoms. The molecule has 0 bridgehead atoms. The van der Waals surface area contributed by atoms with Gasteiger partial charge in [0.15, 0.2) is 5.82 Å². The number of aromatic nitrogens is 2. The van der Waals surface area contributed by atoms with Gasteiger partial charge in [-0.1, -0.05) is 60.7 Å². The lowest BCUT2D eigenvalue weighted by molar-refractivity contribution is -0.138. The van der Waals surface area contributed by atoms with E-state index in [4.69, 9.17) is 0 Å². The van der Waals surface area contributed by atoms with E-state index in [9.17, 15) is 4.79 Å². The second-order valence-corrected chi connectivity index (χ2v) is 9.38. The zero-order valence-corrected chi connectivity index (χ0v) is 19.9. The van der Waals surface area contributed by atoms with Crippen LogP contribution in [0.1, 0.15) is 35.7 Å². The number of piperidine rings is 1. The average molecular weight is 456 g/mol. The maximum absolute atomic E-state index is 13.3. The zero-order valence-electron chi connectivity index (χ0n) is 19.9. The summed E-state index contributed by atoms with van der Waals surface area (Å²) in [4.78, 5) is 20.2. The predicted molar refractivity (Wildman–Crippen MR) is 135 cm³/mol. The number of benzene rings is 2. The third-order valence-corrected chi connectivity index (χ3v) is 7.17. The van der Waals surface area contributed by atoms with Gasteiger partial charge in [0, 0.05) is 45.2 Å². The Morgan fingerprint density at radius 3 is 1.88 bits per heavy atom. The van der Waals surface area contributed by atoms with Gasteiger partial charge in [0.1, 0.15) is 0 Å². The maximum Gasteiger partial charge on any atom is 0.225 e. The molecule has 0 N–H and O–H groups in total. The molecule has 3 aromatic rings. The van der Waals surface area contributed by atoms with E-state index in [2.05, 4.69) is 85.6 Å². The number of hydrogen-bond donors (Lipinski definition) is 0. The van der Waals surface area contributed by atoms with E-state index in [1.54, 1.807) is 0 Å². The predicted octanol–water partition coefficient (Wildman–Crippen LogP) is 3.94. The van der Waals surface area contributed by atoms with Crippen LogP contribution in [0.4, 0.5) is 5.82 Å². The van der Waals surface area contributed by atoms with Gasteiger partial charge in [-0.15, -0.1) is 5.10 Å². The van der Waals surface area contributed by atoms with Crippen LogP contribution in [0.3, 0.4) is 0 Å². The fourth-order valence-electron chi connectivity index (χ4n) is 5.26. The summed E-state index contributed by atoms with van der Waals surface area (Å²) < 4.78 is 0. The Morgan fingerprint density at radius 1 is 0.765 bits per heavy atom. The number of rotatable bonds is 5. The SMILES string of the molecule is Cc1ccc(N2CCC(C(=O)N3CCN(C(c4ccccc4)c4ccccc4)CC3)CC2)nn1. The van der Waals surface area contributed by atoms with Crippen molar-refractivity contribution in [1.82, 2.24) is 20.0 Å². The van der Waals surface area contributed by atoms with Crippen LogP contribution in [0.2, 0.25) is 0 Å². The van der Waals surface area contributed by atoms with Gasteiger partial charge in [0.25, 0.3) is 0 Å². The van der Waals surface area contributed by atoms with E-state index in [-0.39, 0.29) is 12.0 Å². The van der Waals surface area contributed by atoms with Crippen LogP contribution >= 0.6 is 0 Å². The Labute approximate surface area is 202 Å². The first-order valence-electron chi connectivity index (χ1n) is 12.4. The molecule has 5 rings (SSSR count). The monoisotopic (exact) mass is 455 g/mol. The van der Waals surface area contributed by atoms with Crippen molar-refractivity contribution >= 4 is 11.7 Å². The molecule has 0 aliphatic carbocycles. The number of anilines is 1. The molecule has 2 aliphatic rings. The Bertz CT molecular complexity index is 1020. The van der Waals surface area contributed by atoms with Crippen molar-refractivity contribution in [2.24, 2.45) is 5.92 Å². The number of aryl methyl sites for hydroxylation is 1. The molecule has 0 spiro atoms. The zero-order chi connectivity index (χ0) is 23.3. The molecule has 34 heavy (non-hydrogen) atoms. The van der Waals surface area contributed by atoms with Gasteiger partial charge in [-0.2, -0.15) is 5.10 Å². The third-order valence-electron chi connectivity index (χ3n) is 7.17. The Hall–Kier alpha value is -3.25. The normalized spacial score (nSPS) is 17.8. The molecule has 0 atom stereocenters. The van der Waals surface area contributed by atoms with Crippen LogP contribution in [0.25, 0.3) is 0 Å². The minimum atomic E-state index is 0.111. The van der Waals surface area contributed by atoms with E-state index in [1.807, 2.05) is 19.1 Å². The van der Waals surface area contributed by atoms with Crippen molar-refractivity contribution in [2.45, 2.75) is 25.8 Å². The lowest BCUT2D eigenvalue weighted by Gasteiger charge is -2.41. The van der Waals surface area contributed by atoms with Crippen molar-refractivity contribution in [2.75, 3.05) is 44.2 Å². The van der Waals surface area contributed by atoms with Gasteiger partial charge in [0.05, 0.1) is 11.7 Å². The lowest BCUT2D eigenvalue weighted by atomic mass is 9.94. The highest BCUT2D eigenvalue weighted by atomic mass is 16.2. The number of nitrogens with zero attached hydrogens (tertiary/aromatic N) is 5. The summed E-state index contributed by atoms with van der Waals surface area (Å²) >= 11 is 0. The topological polar surface area (TPSA) is 52.6 Å². The molecule has 1 amide bonds. The minimum absolute atomic E-state index is 0.111. The summed E-state index contributed by atoms with van der Waals surface area (Å²) in [7, 11) is 0. The largest absolute Gasteiger partial charge is 0.355 e. The molecule has 2 fully saturated rings. The Morgan fingerprint density at radius 2 is 1.35 bits per heavy atom. The molecule has 0 saturated carbocycles. The van der Waals surface area contributed by atoms with Gasteiger partial charge in [0.2, 0.25) is 5.91 Å². The second kappa shape index (κ2) is 10.3. The van der Waals surface area contributed by atoms with Crippen molar-refractivity contribution in [3.63, 3.8) is 0 Å². The summed E-state index contributed by atoms with van der Waals surface area (Å²) in [6, 6.07) is 25.7. The molecule has 2 aliphatic heterocycles. The van der Waals surface area contributed by atoms with Crippen LogP contribution in [-0.2, 0) is 4.79 Å². The van der Waals surface area contributed by atoms with Gasteiger partial charge in [-0.05, 0) is 43.0 Å². The van der Waals surface area contributed by atoms with Crippen LogP contribution < -0.4 is 4.90 Å². The molecule has 2 saturated heterocycles. The smallest absolute Gasteiger partial charge is 0.225 e. The summed E-state index contributed by atoms with van der Waals surface area (Å²) in [6.45, 7) is 7.02. The number of carbonyl (C=O) groups is 1. The quantitative estimate of drug-likeness (QED) is 0.583. The number of amides is 1. The van der Waals surface area contributed by atoms with E-state index in [0.717, 1.165) is 63.6 Å². The van der Waals surface area contributed by atoms with Gasteiger partial charge in [-0.3, -0.25) is 9.69 Å². The van der Waals surface area contributed by atoms with Crippen molar-refractivity contribution in [3.8, 4) is 0 Å². The molecule has 6 nitrogen and oxygen atoms in total. The standard InChI is InChI=1S/C28H33N5O/c1-22-12-13-26(30-29-22)31-16-14-25(15-17-31)28(34)33-20-18-32(19-21-33)27(23-8-4-2-5-9-23)24-10-6-3-7-11-24/h2-13,25,27H,14-21H2,1H3. The number of carbonyl (C=O) groups excluding carboxylic acids is 1. The Kier molecular flexibility index (Phi) is 6.86. The molecule has 0 unspecified atom stereocenters. The van der Waals surface area contributed by atoms with E-state index in [0.29, 0.717) is 5.91 Å².